The zero-order valence-electron chi connectivity index (χ0n) is 25.2. The van der Waals surface area contributed by atoms with Gasteiger partial charge in [-0.3, -0.25) is 19.4 Å². The van der Waals surface area contributed by atoms with Gasteiger partial charge in [-0.15, -0.1) is 0 Å². The largest absolute Gasteiger partial charge is 0.444 e. The van der Waals surface area contributed by atoms with Crippen molar-refractivity contribution in [3.8, 4) is 0 Å². The van der Waals surface area contributed by atoms with E-state index in [0.29, 0.717) is 24.6 Å². The van der Waals surface area contributed by atoms with Crippen LogP contribution in [0.25, 0.3) is 0 Å². The third-order valence-corrected chi connectivity index (χ3v) is 9.64. The van der Waals surface area contributed by atoms with Gasteiger partial charge >= 0.3 is 6.09 Å². The molecule has 2 saturated heterocycles. The number of piperidine rings is 1. The van der Waals surface area contributed by atoms with Crippen molar-refractivity contribution in [2.45, 2.75) is 109 Å². The molecule has 0 unspecified atom stereocenters. The van der Waals surface area contributed by atoms with E-state index in [0.717, 1.165) is 44.6 Å². The summed E-state index contributed by atoms with van der Waals surface area (Å²) in [5, 5.41) is 6.30. The Bertz CT molecular complexity index is 987. The molecule has 0 bridgehead atoms. The number of nitrogens with zero attached hydrogens (tertiary/aromatic N) is 2. The molecule has 228 valence electrons. The predicted molar refractivity (Wildman–Crippen MR) is 165 cm³/mol. The van der Waals surface area contributed by atoms with Crippen LogP contribution in [0.15, 0.2) is 30.3 Å². The van der Waals surface area contributed by atoms with Crippen LogP contribution in [0.3, 0.4) is 0 Å². The van der Waals surface area contributed by atoms with Gasteiger partial charge in [0.05, 0.1) is 0 Å². The van der Waals surface area contributed by atoms with Crippen LogP contribution in [0, 0.1) is 5.92 Å². The second-order valence-corrected chi connectivity index (χ2v) is 14.1. The average Bonchev–Trinajstić information content (AvgIpc) is 3.44. The summed E-state index contributed by atoms with van der Waals surface area (Å²) in [7, 11) is 0. The molecule has 0 radical (unpaired) electrons. The number of carbonyl (C=O) groups excluding carboxylic acids is 3. The maximum absolute atomic E-state index is 13.6. The van der Waals surface area contributed by atoms with E-state index < -0.39 is 23.8 Å². The molecule has 1 saturated carbocycles. The molecule has 1 aromatic rings. The Morgan fingerprint density at radius 2 is 1.66 bits per heavy atom. The molecular weight excluding hydrogens is 536 g/mol. The van der Waals surface area contributed by atoms with Crippen LogP contribution in [0.4, 0.5) is 4.79 Å². The summed E-state index contributed by atoms with van der Waals surface area (Å²) in [6, 6.07) is 9.35. The minimum Gasteiger partial charge on any atom is -0.444 e. The van der Waals surface area contributed by atoms with Gasteiger partial charge in [0, 0.05) is 38.0 Å². The highest BCUT2D eigenvalue weighted by Crippen LogP contribution is 2.27. The highest BCUT2D eigenvalue weighted by atomic mass is 32.2. The van der Waals surface area contributed by atoms with E-state index in [9.17, 15) is 14.4 Å². The Morgan fingerprint density at radius 1 is 0.951 bits per heavy atom. The minimum absolute atomic E-state index is 0.0991. The van der Waals surface area contributed by atoms with Crippen LogP contribution >= 0.6 is 11.8 Å². The first-order chi connectivity index (χ1) is 19.7. The van der Waals surface area contributed by atoms with Gasteiger partial charge in [-0.2, -0.15) is 11.8 Å². The molecule has 3 amide bonds. The van der Waals surface area contributed by atoms with Crippen molar-refractivity contribution in [1.29, 1.82) is 0 Å². The second kappa shape index (κ2) is 15.3. The molecule has 9 heteroatoms. The lowest BCUT2D eigenvalue weighted by molar-refractivity contribution is -0.131. The molecule has 2 heterocycles. The van der Waals surface area contributed by atoms with Gasteiger partial charge in [-0.05, 0) is 76.5 Å². The van der Waals surface area contributed by atoms with E-state index >= 15 is 0 Å². The molecule has 2 N–H and O–H groups in total. The number of likely N-dealkylation sites (tertiary alicyclic amines) is 2. The summed E-state index contributed by atoms with van der Waals surface area (Å²) < 4.78 is 5.55. The van der Waals surface area contributed by atoms with Crippen molar-refractivity contribution in [3.05, 3.63) is 35.9 Å². The van der Waals surface area contributed by atoms with Gasteiger partial charge in [-0.1, -0.05) is 49.6 Å². The van der Waals surface area contributed by atoms with Gasteiger partial charge in [-0.25, -0.2) is 4.79 Å². The van der Waals surface area contributed by atoms with E-state index in [1.165, 1.54) is 42.6 Å². The smallest absolute Gasteiger partial charge is 0.410 e. The highest BCUT2D eigenvalue weighted by Gasteiger charge is 2.38. The number of hydrogen-bond acceptors (Lipinski definition) is 6. The number of thioether (sulfide) groups is 1. The van der Waals surface area contributed by atoms with Gasteiger partial charge in [0.15, 0.2) is 0 Å². The third-order valence-electron chi connectivity index (χ3n) is 8.36. The summed E-state index contributed by atoms with van der Waals surface area (Å²) >= 11 is 1.77. The van der Waals surface area contributed by atoms with Crippen molar-refractivity contribution in [2.24, 2.45) is 5.92 Å². The van der Waals surface area contributed by atoms with Crippen molar-refractivity contribution in [1.82, 2.24) is 20.4 Å². The van der Waals surface area contributed by atoms with Gasteiger partial charge < -0.3 is 15.4 Å². The van der Waals surface area contributed by atoms with Crippen molar-refractivity contribution in [2.75, 3.05) is 31.1 Å². The molecule has 1 aromatic carbocycles. The van der Waals surface area contributed by atoms with E-state index in [1.807, 2.05) is 26.8 Å². The topological polar surface area (TPSA) is 91.0 Å². The molecule has 2 atom stereocenters. The first-order valence-corrected chi connectivity index (χ1v) is 16.8. The lowest BCUT2D eigenvalue weighted by Gasteiger charge is -2.33. The number of carbonyl (C=O) groups is 3. The molecule has 41 heavy (non-hydrogen) atoms. The first kappa shape index (κ1) is 31.7. The van der Waals surface area contributed by atoms with Gasteiger partial charge in [0.1, 0.15) is 17.7 Å². The first-order valence-electron chi connectivity index (χ1n) is 15.6. The molecular formula is C32H50N4O4S. The average molecular weight is 587 g/mol. The van der Waals surface area contributed by atoms with E-state index in [4.69, 9.17) is 4.74 Å². The van der Waals surface area contributed by atoms with Crippen LogP contribution in [0.5, 0.6) is 0 Å². The van der Waals surface area contributed by atoms with E-state index in [1.54, 1.807) is 11.8 Å². The number of rotatable bonds is 10. The predicted octanol–water partition coefficient (Wildman–Crippen LogP) is 4.97. The van der Waals surface area contributed by atoms with Crippen molar-refractivity contribution >= 4 is 29.7 Å². The standard InChI is InChI=1S/C32H50N4O4S/c1-32(2,3)40-31(39)36-18-10-15-28(36)30(38)34-27(23-41-22-25-13-8-5-9-14-25)29(37)33-26-16-19-35(20-17-26)21-24-11-6-4-7-12-24/h4,6-7,11-12,25-28H,5,8-10,13-23H2,1-3H3,(H,33,37)(H,34,38)/t27-,28-/m0/s1. The summed E-state index contributed by atoms with van der Waals surface area (Å²) in [5.41, 5.74) is 0.676. The Labute approximate surface area is 250 Å². The Morgan fingerprint density at radius 3 is 2.34 bits per heavy atom. The summed E-state index contributed by atoms with van der Waals surface area (Å²) in [5.74, 6) is 1.88. The fourth-order valence-electron chi connectivity index (χ4n) is 6.11. The number of ether oxygens (including phenoxy) is 1. The Kier molecular flexibility index (Phi) is 11.8. The zero-order chi connectivity index (χ0) is 29.2. The van der Waals surface area contributed by atoms with E-state index in [2.05, 4.69) is 39.8 Å². The molecule has 3 fully saturated rings. The zero-order valence-corrected chi connectivity index (χ0v) is 26.1. The number of nitrogens with one attached hydrogen (secondary N) is 2. The van der Waals surface area contributed by atoms with Crippen molar-refractivity contribution < 1.29 is 19.1 Å². The second-order valence-electron chi connectivity index (χ2n) is 13.0. The lowest BCUT2D eigenvalue weighted by atomic mass is 9.91. The SMILES string of the molecule is CC(C)(C)OC(=O)N1CCC[C@H]1C(=O)N[C@@H](CSCC1CCCCC1)C(=O)NC1CCN(Cc2ccccc2)CC1. The van der Waals surface area contributed by atoms with E-state index in [-0.39, 0.29) is 17.9 Å². The number of amides is 3. The molecule has 0 aromatic heterocycles. The Hall–Kier alpha value is -2.26. The number of hydrogen-bond donors (Lipinski definition) is 2. The molecule has 3 aliphatic rings. The normalized spacial score (nSPS) is 21.8. The fraction of sp³-hybridized carbons (Fsp3) is 0.719. The summed E-state index contributed by atoms with van der Waals surface area (Å²) in [6.45, 7) is 8.75. The highest BCUT2D eigenvalue weighted by molar-refractivity contribution is 7.99. The van der Waals surface area contributed by atoms with Crippen LogP contribution in [-0.4, -0.2) is 82.6 Å². The monoisotopic (exact) mass is 586 g/mol. The molecule has 1 aliphatic carbocycles. The number of benzene rings is 1. The van der Waals surface area contributed by atoms with Gasteiger partial charge in [0.25, 0.3) is 0 Å². The fourth-order valence-corrected chi connectivity index (χ4v) is 7.39. The summed E-state index contributed by atoms with van der Waals surface area (Å²) in [6.07, 6.45) is 9.05. The molecule has 0 spiro atoms. The molecule has 8 nitrogen and oxygen atoms in total. The summed E-state index contributed by atoms with van der Waals surface area (Å²) in [4.78, 5) is 43.8. The third kappa shape index (κ3) is 10.2. The van der Waals surface area contributed by atoms with Crippen LogP contribution in [-0.2, 0) is 20.9 Å². The van der Waals surface area contributed by atoms with Crippen LogP contribution < -0.4 is 10.6 Å². The maximum atomic E-state index is 13.6. The van der Waals surface area contributed by atoms with Crippen LogP contribution in [0.1, 0.15) is 84.1 Å². The molecule has 2 aliphatic heterocycles. The molecule has 4 rings (SSSR count). The van der Waals surface area contributed by atoms with Gasteiger partial charge in [0.2, 0.25) is 11.8 Å². The van der Waals surface area contributed by atoms with Crippen molar-refractivity contribution in [3.63, 3.8) is 0 Å². The quantitative estimate of drug-likeness (QED) is 0.403. The maximum Gasteiger partial charge on any atom is 0.410 e. The lowest BCUT2D eigenvalue weighted by Crippen LogP contribution is -2.56. The van der Waals surface area contributed by atoms with Crippen LogP contribution in [0.2, 0.25) is 0 Å². The minimum atomic E-state index is -0.629. The Balaban J connectivity index is 1.32.